The van der Waals surface area contributed by atoms with Crippen LogP contribution < -0.4 is 5.32 Å². The normalized spacial score (nSPS) is 24.7. The number of nitrogens with one attached hydrogen (secondary N) is 1. The van der Waals surface area contributed by atoms with Crippen molar-refractivity contribution in [3.8, 4) is 0 Å². The molecular weight excluding hydrogens is 274 g/mol. The molecule has 2 amide bonds. The number of amides is 2. The molecule has 1 aliphatic rings. The Hall–Kier alpha value is -1.43. The molecule has 3 unspecified atom stereocenters. The predicted molar refractivity (Wildman–Crippen MR) is 78.4 cm³/mol. The largest absolute Gasteiger partial charge is 0.343 e. The monoisotopic (exact) mass is 295 g/mol. The van der Waals surface area contributed by atoms with Crippen LogP contribution in [0.15, 0.2) is 6.20 Å². The third-order valence-electron chi connectivity index (χ3n) is 3.70. The maximum atomic E-state index is 12.4. The van der Waals surface area contributed by atoms with Crippen molar-refractivity contribution in [3.05, 3.63) is 16.1 Å². The van der Waals surface area contributed by atoms with Crippen LogP contribution in [0.3, 0.4) is 0 Å². The fourth-order valence-electron chi connectivity index (χ4n) is 2.52. The molecule has 3 atom stereocenters. The standard InChI is InChI=1S/C14H21N3O2S/c1-5-10-7-15-13(20-10)9(4)17-11(6-2)12(18)16-8(3)14(17)19/h7-9,11H,5-6H2,1-4H3,(H,16,18). The van der Waals surface area contributed by atoms with Crippen molar-refractivity contribution >= 4 is 23.2 Å². The van der Waals surface area contributed by atoms with Crippen LogP contribution in [0, 0.1) is 0 Å². The topological polar surface area (TPSA) is 62.3 Å². The fraction of sp³-hybridized carbons (Fsp3) is 0.643. The van der Waals surface area contributed by atoms with Gasteiger partial charge in [0.25, 0.3) is 0 Å². The first kappa shape index (κ1) is 15.0. The third-order valence-corrected chi connectivity index (χ3v) is 5.02. The van der Waals surface area contributed by atoms with Crippen LogP contribution in [-0.2, 0) is 16.0 Å². The van der Waals surface area contributed by atoms with Crippen molar-refractivity contribution in [2.24, 2.45) is 0 Å². The van der Waals surface area contributed by atoms with E-state index in [9.17, 15) is 9.59 Å². The second-order valence-corrected chi connectivity index (χ2v) is 6.24. The van der Waals surface area contributed by atoms with Gasteiger partial charge in [0.1, 0.15) is 17.1 Å². The number of hydrogen-bond donors (Lipinski definition) is 1. The molecule has 1 aromatic rings. The Morgan fingerprint density at radius 2 is 2.15 bits per heavy atom. The Morgan fingerprint density at radius 3 is 2.70 bits per heavy atom. The van der Waals surface area contributed by atoms with Crippen molar-refractivity contribution in [2.45, 2.75) is 58.7 Å². The molecular formula is C14H21N3O2S. The average Bonchev–Trinajstić information content (AvgIpc) is 2.90. The number of aryl methyl sites for hydroxylation is 1. The van der Waals surface area contributed by atoms with Crippen LogP contribution in [0.1, 0.15) is 50.0 Å². The quantitative estimate of drug-likeness (QED) is 0.922. The highest BCUT2D eigenvalue weighted by Gasteiger charge is 2.40. The Bertz CT molecular complexity index is 514. The first-order valence-corrected chi connectivity index (χ1v) is 7.88. The lowest BCUT2D eigenvalue weighted by atomic mass is 10.0. The maximum Gasteiger partial charge on any atom is 0.246 e. The first-order chi connectivity index (χ1) is 9.49. The zero-order chi connectivity index (χ0) is 14.9. The van der Waals surface area contributed by atoms with Gasteiger partial charge >= 0.3 is 0 Å². The van der Waals surface area contributed by atoms with Crippen LogP contribution >= 0.6 is 11.3 Å². The van der Waals surface area contributed by atoms with Crippen LogP contribution in [-0.4, -0.2) is 33.8 Å². The summed E-state index contributed by atoms with van der Waals surface area (Å²) in [6, 6.07) is -1.02. The van der Waals surface area contributed by atoms with Gasteiger partial charge in [-0.25, -0.2) is 4.98 Å². The first-order valence-electron chi connectivity index (χ1n) is 7.06. The number of aromatic nitrogens is 1. The number of carbonyl (C=O) groups is 2. The maximum absolute atomic E-state index is 12.4. The second-order valence-electron chi connectivity index (χ2n) is 5.09. The summed E-state index contributed by atoms with van der Waals surface area (Å²) in [5.74, 6) is -0.101. The number of hydrogen-bond acceptors (Lipinski definition) is 4. The van der Waals surface area contributed by atoms with Crippen LogP contribution in [0.2, 0.25) is 0 Å². The van der Waals surface area contributed by atoms with Gasteiger partial charge in [-0.05, 0) is 26.7 Å². The molecule has 0 spiro atoms. The summed E-state index contributed by atoms with van der Waals surface area (Å²) < 4.78 is 0. The van der Waals surface area contributed by atoms with Crippen molar-refractivity contribution in [1.82, 2.24) is 15.2 Å². The van der Waals surface area contributed by atoms with Gasteiger partial charge in [0, 0.05) is 11.1 Å². The molecule has 1 aliphatic heterocycles. The smallest absolute Gasteiger partial charge is 0.246 e. The predicted octanol–water partition coefficient (Wildman–Crippen LogP) is 1.89. The molecule has 2 heterocycles. The molecule has 2 rings (SSSR count). The van der Waals surface area contributed by atoms with E-state index in [4.69, 9.17) is 0 Å². The summed E-state index contributed by atoms with van der Waals surface area (Å²) in [6.07, 6.45) is 3.41. The van der Waals surface area contributed by atoms with Gasteiger partial charge in [0.15, 0.2) is 0 Å². The lowest BCUT2D eigenvalue weighted by molar-refractivity contribution is -0.151. The highest BCUT2D eigenvalue weighted by molar-refractivity contribution is 7.11. The lowest BCUT2D eigenvalue weighted by Gasteiger charge is -2.40. The van der Waals surface area contributed by atoms with Gasteiger partial charge in [-0.15, -0.1) is 11.3 Å². The zero-order valence-electron chi connectivity index (χ0n) is 12.3. The van der Waals surface area contributed by atoms with E-state index in [0.29, 0.717) is 6.42 Å². The van der Waals surface area contributed by atoms with Gasteiger partial charge in [-0.2, -0.15) is 0 Å². The molecule has 6 heteroatoms. The number of nitrogens with zero attached hydrogens (tertiary/aromatic N) is 2. The van der Waals surface area contributed by atoms with E-state index >= 15 is 0 Å². The van der Waals surface area contributed by atoms with E-state index in [1.807, 2.05) is 20.0 Å². The summed E-state index contributed by atoms with van der Waals surface area (Å²) >= 11 is 1.61. The molecule has 1 aromatic heterocycles. The van der Waals surface area contributed by atoms with E-state index in [2.05, 4.69) is 17.2 Å². The van der Waals surface area contributed by atoms with E-state index < -0.39 is 12.1 Å². The molecule has 1 N–H and O–H groups in total. The Morgan fingerprint density at radius 1 is 1.45 bits per heavy atom. The molecule has 20 heavy (non-hydrogen) atoms. The third kappa shape index (κ3) is 2.57. The van der Waals surface area contributed by atoms with Crippen molar-refractivity contribution in [1.29, 1.82) is 0 Å². The molecule has 5 nitrogen and oxygen atoms in total. The van der Waals surface area contributed by atoms with Crippen LogP contribution in [0.4, 0.5) is 0 Å². The summed E-state index contributed by atoms with van der Waals surface area (Å²) in [5.41, 5.74) is 0. The van der Waals surface area contributed by atoms with Crippen molar-refractivity contribution in [3.63, 3.8) is 0 Å². The minimum absolute atomic E-state index is 0.0304. The fourth-order valence-corrected chi connectivity index (χ4v) is 3.42. The zero-order valence-corrected chi connectivity index (χ0v) is 13.2. The van der Waals surface area contributed by atoms with Crippen molar-refractivity contribution < 1.29 is 9.59 Å². The van der Waals surface area contributed by atoms with E-state index in [0.717, 1.165) is 11.4 Å². The van der Waals surface area contributed by atoms with Crippen LogP contribution in [0.25, 0.3) is 0 Å². The minimum atomic E-state index is -0.460. The van der Waals surface area contributed by atoms with Gasteiger partial charge < -0.3 is 10.2 Å². The second kappa shape index (κ2) is 5.91. The number of carbonyl (C=O) groups excluding carboxylic acids is 2. The number of thiazole rings is 1. The number of piperazine rings is 1. The Balaban J connectivity index is 2.30. The molecule has 0 bridgehead atoms. The highest BCUT2D eigenvalue weighted by atomic mass is 32.1. The molecule has 0 aliphatic carbocycles. The SMILES string of the molecule is CCc1cnc(C(C)N2C(=O)C(C)NC(=O)C2CC)s1. The molecule has 0 aromatic carbocycles. The summed E-state index contributed by atoms with van der Waals surface area (Å²) in [4.78, 5) is 31.8. The van der Waals surface area contributed by atoms with Gasteiger partial charge in [0.2, 0.25) is 11.8 Å². The Kier molecular flexibility index (Phi) is 4.42. The molecule has 1 fully saturated rings. The Labute approximate surface area is 123 Å². The molecule has 0 radical (unpaired) electrons. The van der Waals surface area contributed by atoms with Crippen LogP contribution in [0.5, 0.6) is 0 Å². The summed E-state index contributed by atoms with van der Waals surface area (Å²) in [6.45, 7) is 7.68. The number of rotatable bonds is 4. The van der Waals surface area contributed by atoms with E-state index in [1.54, 1.807) is 23.2 Å². The molecule has 0 saturated carbocycles. The average molecular weight is 295 g/mol. The summed E-state index contributed by atoms with van der Waals surface area (Å²) in [7, 11) is 0. The van der Waals surface area contributed by atoms with E-state index in [1.165, 1.54) is 4.88 Å². The lowest BCUT2D eigenvalue weighted by Crippen LogP contribution is -2.62. The van der Waals surface area contributed by atoms with Gasteiger partial charge in [-0.3, -0.25) is 9.59 Å². The minimum Gasteiger partial charge on any atom is -0.343 e. The molecule has 110 valence electrons. The summed E-state index contributed by atoms with van der Waals surface area (Å²) in [5, 5.41) is 3.63. The highest BCUT2D eigenvalue weighted by Crippen LogP contribution is 2.29. The van der Waals surface area contributed by atoms with Gasteiger partial charge in [0.05, 0.1) is 6.04 Å². The molecule has 1 saturated heterocycles. The van der Waals surface area contributed by atoms with Gasteiger partial charge in [-0.1, -0.05) is 13.8 Å². The van der Waals surface area contributed by atoms with E-state index in [-0.39, 0.29) is 17.9 Å². The van der Waals surface area contributed by atoms with Crippen molar-refractivity contribution in [2.75, 3.05) is 0 Å².